The quantitative estimate of drug-likeness (QED) is 0.494. The van der Waals surface area contributed by atoms with Gasteiger partial charge in [-0.1, -0.05) is 60.7 Å². The van der Waals surface area contributed by atoms with E-state index in [4.69, 9.17) is 9.47 Å². The average Bonchev–Trinajstić information content (AvgIpc) is 2.72. The van der Waals surface area contributed by atoms with Crippen LogP contribution < -0.4 is 4.74 Å². The van der Waals surface area contributed by atoms with Crippen LogP contribution in [0.5, 0.6) is 5.75 Å². The molecular weight excluding hydrogens is 328 g/mol. The fourth-order valence-corrected chi connectivity index (χ4v) is 2.64. The molecule has 3 aromatic carbocycles. The van der Waals surface area contributed by atoms with E-state index in [9.17, 15) is 9.59 Å². The Kier molecular flexibility index (Phi) is 5.44. The Bertz CT molecular complexity index is 916. The summed E-state index contributed by atoms with van der Waals surface area (Å²) in [5, 5.41) is 0. The number of methoxy groups -OCH3 is 1. The Hall–Kier alpha value is -3.40. The third kappa shape index (κ3) is 3.81. The van der Waals surface area contributed by atoms with Gasteiger partial charge in [-0.2, -0.15) is 0 Å². The molecule has 0 aromatic heterocycles. The van der Waals surface area contributed by atoms with Gasteiger partial charge >= 0.3 is 5.97 Å². The molecule has 0 bridgehead atoms. The third-order valence-electron chi connectivity index (χ3n) is 3.97. The fourth-order valence-electron chi connectivity index (χ4n) is 2.64. The molecule has 130 valence electrons. The van der Waals surface area contributed by atoms with Gasteiger partial charge < -0.3 is 9.47 Å². The molecule has 4 nitrogen and oxygen atoms in total. The van der Waals surface area contributed by atoms with Crippen LogP contribution in [0.1, 0.15) is 31.8 Å². The smallest absolute Gasteiger partial charge is 0.338 e. The van der Waals surface area contributed by atoms with Crippen molar-refractivity contribution in [1.82, 2.24) is 0 Å². The molecule has 3 aromatic rings. The predicted octanol–water partition coefficient (Wildman–Crippen LogP) is 4.28. The lowest BCUT2D eigenvalue weighted by atomic mass is 10.0. The van der Waals surface area contributed by atoms with Gasteiger partial charge in [0.15, 0.2) is 5.78 Å². The molecule has 0 fully saturated rings. The molecule has 0 atom stereocenters. The zero-order valence-corrected chi connectivity index (χ0v) is 14.3. The van der Waals surface area contributed by atoms with E-state index < -0.39 is 5.97 Å². The Morgan fingerprint density at radius 2 is 1.38 bits per heavy atom. The summed E-state index contributed by atoms with van der Waals surface area (Å²) in [7, 11) is 1.34. The minimum atomic E-state index is -0.419. The van der Waals surface area contributed by atoms with Gasteiger partial charge in [0, 0.05) is 11.1 Å². The number of carbonyl (C=O) groups excluding carboxylic acids is 2. The summed E-state index contributed by atoms with van der Waals surface area (Å²) in [4.78, 5) is 24.6. The Morgan fingerprint density at radius 1 is 0.769 bits per heavy atom. The van der Waals surface area contributed by atoms with E-state index in [0.29, 0.717) is 28.0 Å². The first-order valence-electron chi connectivity index (χ1n) is 8.18. The molecule has 0 unspecified atom stereocenters. The highest BCUT2D eigenvalue weighted by atomic mass is 16.5. The summed E-state index contributed by atoms with van der Waals surface area (Å²) in [5.41, 5.74) is 2.22. The molecule has 0 amide bonds. The molecule has 0 N–H and O–H groups in total. The summed E-state index contributed by atoms with van der Waals surface area (Å²) >= 11 is 0. The van der Waals surface area contributed by atoms with Crippen LogP contribution in [0.15, 0.2) is 78.9 Å². The maximum atomic E-state index is 12.7. The number of benzene rings is 3. The van der Waals surface area contributed by atoms with Gasteiger partial charge in [-0.15, -0.1) is 0 Å². The Morgan fingerprint density at radius 3 is 2.12 bits per heavy atom. The van der Waals surface area contributed by atoms with Crippen molar-refractivity contribution in [1.29, 1.82) is 0 Å². The number of para-hydroxylation sites is 1. The van der Waals surface area contributed by atoms with Gasteiger partial charge in [-0.05, 0) is 18.2 Å². The Labute approximate surface area is 152 Å². The molecule has 0 radical (unpaired) electrons. The predicted molar refractivity (Wildman–Crippen MR) is 98.4 cm³/mol. The monoisotopic (exact) mass is 346 g/mol. The van der Waals surface area contributed by atoms with E-state index in [1.807, 2.05) is 30.3 Å². The molecule has 26 heavy (non-hydrogen) atoms. The lowest BCUT2D eigenvalue weighted by molar-refractivity contribution is 0.0597. The first-order chi connectivity index (χ1) is 12.7. The fraction of sp³-hybridized carbons (Fsp3) is 0.0909. The molecule has 0 saturated carbocycles. The first kappa shape index (κ1) is 17.4. The Balaban J connectivity index is 1.84. The second-order valence-electron chi connectivity index (χ2n) is 5.63. The molecular formula is C22H18O4. The van der Waals surface area contributed by atoms with Crippen LogP contribution in [0.3, 0.4) is 0 Å². The largest absolute Gasteiger partial charge is 0.488 e. The van der Waals surface area contributed by atoms with Gasteiger partial charge in [0.1, 0.15) is 12.4 Å². The van der Waals surface area contributed by atoms with Crippen molar-refractivity contribution in [3.8, 4) is 5.75 Å². The molecule has 0 heterocycles. The highest BCUT2D eigenvalue weighted by Gasteiger charge is 2.16. The van der Waals surface area contributed by atoms with Gasteiger partial charge in [0.05, 0.1) is 18.2 Å². The van der Waals surface area contributed by atoms with Crippen LogP contribution in [-0.4, -0.2) is 18.9 Å². The van der Waals surface area contributed by atoms with Crippen LogP contribution >= 0.6 is 0 Å². The maximum Gasteiger partial charge on any atom is 0.338 e. The zero-order valence-electron chi connectivity index (χ0n) is 14.3. The van der Waals surface area contributed by atoms with Crippen molar-refractivity contribution >= 4 is 11.8 Å². The van der Waals surface area contributed by atoms with E-state index in [-0.39, 0.29) is 12.4 Å². The van der Waals surface area contributed by atoms with E-state index in [1.165, 1.54) is 7.11 Å². The molecule has 0 aliphatic heterocycles. The molecule has 3 rings (SSSR count). The van der Waals surface area contributed by atoms with Crippen molar-refractivity contribution in [3.05, 3.63) is 101 Å². The van der Waals surface area contributed by atoms with Gasteiger partial charge in [0.2, 0.25) is 0 Å². The van der Waals surface area contributed by atoms with Crippen molar-refractivity contribution < 1.29 is 19.1 Å². The topological polar surface area (TPSA) is 52.6 Å². The zero-order chi connectivity index (χ0) is 18.4. The van der Waals surface area contributed by atoms with Crippen LogP contribution in [0.2, 0.25) is 0 Å². The number of esters is 1. The number of hydrogen-bond acceptors (Lipinski definition) is 4. The second kappa shape index (κ2) is 8.12. The number of ketones is 1. The van der Waals surface area contributed by atoms with Crippen LogP contribution in [-0.2, 0) is 11.3 Å². The van der Waals surface area contributed by atoms with Crippen molar-refractivity contribution in [2.75, 3.05) is 7.11 Å². The van der Waals surface area contributed by atoms with Crippen molar-refractivity contribution in [2.45, 2.75) is 6.61 Å². The lowest BCUT2D eigenvalue weighted by Crippen LogP contribution is -2.09. The number of ether oxygens (including phenoxy) is 2. The van der Waals surface area contributed by atoms with E-state index >= 15 is 0 Å². The van der Waals surface area contributed by atoms with Crippen LogP contribution in [0.25, 0.3) is 0 Å². The average molecular weight is 346 g/mol. The van der Waals surface area contributed by atoms with Crippen molar-refractivity contribution in [3.63, 3.8) is 0 Å². The highest BCUT2D eigenvalue weighted by Crippen LogP contribution is 2.23. The molecule has 4 heteroatoms. The van der Waals surface area contributed by atoms with Crippen LogP contribution in [0.4, 0.5) is 0 Å². The van der Waals surface area contributed by atoms with E-state index in [1.54, 1.807) is 48.5 Å². The molecule has 0 spiro atoms. The maximum absolute atomic E-state index is 12.7. The van der Waals surface area contributed by atoms with Crippen molar-refractivity contribution in [2.24, 2.45) is 0 Å². The number of carbonyl (C=O) groups is 2. The number of hydrogen-bond donors (Lipinski definition) is 0. The molecule has 0 aliphatic rings. The van der Waals surface area contributed by atoms with Gasteiger partial charge in [-0.3, -0.25) is 4.79 Å². The minimum Gasteiger partial charge on any atom is -0.488 e. The van der Waals surface area contributed by atoms with E-state index in [0.717, 1.165) is 0 Å². The summed E-state index contributed by atoms with van der Waals surface area (Å²) in [6.07, 6.45) is 0. The molecule has 0 aliphatic carbocycles. The third-order valence-corrected chi connectivity index (χ3v) is 3.97. The summed E-state index contributed by atoms with van der Waals surface area (Å²) in [6, 6.07) is 23.2. The second-order valence-corrected chi connectivity index (χ2v) is 5.63. The molecule has 0 saturated heterocycles. The first-order valence-corrected chi connectivity index (χ1v) is 8.18. The summed E-state index contributed by atoms with van der Waals surface area (Å²) in [6.45, 7) is 0.157. The van der Waals surface area contributed by atoms with Gasteiger partial charge in [0.25, 0.3) is 0 Å². The normalized spacial score (nSPS) is 10.2. The van der Waals surface area contributed by atoms with E-state index in [2.05, 4.69) is 0 Å². The summed E-state index contributed by atoms with van der Waals surface area (Å²) in [5.74, 6) is -0.0543. The van der Waals surface area contributed by atoms with Crippen LogP contribution in [0, 0.1) is 0 Å². The lowest BCUT2D eigenvalue weighted by Gasteiger charge is -2.13. The SMILES string of the molecule is COC(=O)c1ccccc1COc1ccccc1C(=O)c1ccccc1. The number of rotatable bonds is 6. The summed E-state index contributed by atoms with van der Waals surface area (Å²) < 4.78 is 10.7. The minimum absolute atomic E-state index is 0.109. The standard InChI is InChI=1S/C22H18O4/c1-25-22(24)18-12-6-5-11-17(18)15-26-20-14-8-7-13-19(20)21(23)16-9-3-2-4-10-16/h2-14H,15H2,1H3. The highest BCUT2D eigenvalue weighted by molar-refractivity contribution is 6.10. The van der Waals surface area contributed by atoms with Gasteiger partial charge in [-0.25, -0.2) is 4.79 Å².